The Morgan fingerprint density at radius 3 is 2.48 bits per heavy atom. The Balaban J connectivity index is 1.26. The van der Waals surface area contributed by atoms with E-state index in [1.807, 2.05) is 37.3 Å². The third kappa shape index (κ3) is 6.19. The number of carbonyl (C=O) groups is 3. The molecule has 2 N–H and O–H groups in total. The summed E-state index contributed by atoms with van der Waals surface area (Å²) >= 11 is 3.57. The summed E-state index contributed by atoms with van der Waals surface area (Å²) in [6, 6.07) is 19.5. The highest BCUT2D eigenvalue weighted by molar-refractivity contribution is 9.10. The van der Waals surface area contributed by atoms with Crippen LogP contribution in [0.5, 0.6) is 5.75 Å². The summed E-state index contributed by atoms with van der Waals surface area (Å²) in [6.07, 6.45) is 0.698. The molecule has 3 aliphatic heterocycles. The Morgan fingerprint density at radius 2 is 1.83 bits per heavy atom. The summed E-state index contributed by atoms with van der Waals surface area (Å²) in [4.78, 5) is 44.3. The average Bonchev–Trinajstić information content (AvgIpc) is 3.72. The van der Waals surface area contributed by atoms with Crippen molar-refractivity contribution in [3.05, 3.63) is 87.9 Å². The first-order valence-corrected chi connectivity index (χ1v) is 20.1. The molecule has 3 aliphatic rings. The van der Waals surface area contributed by atoms with Crippen molar-refractivity contribution in [3.63, 3.8) is 0 Å². The van der Waals surface area contributed by atoms with Gasteiger partial charge in [0.15, 0.2) is 5.60 Å². The molecule has 0 aliphatic carbocycles. The fourth-order valence-electron chi connectivity index (χ4n) is 7.84. The topological polar surface area (TPSA) is 108 Å². The molecular weight excluding hydrogens is 697 g/mol. The number of benzene rings is 3. The molecule has 0 radical (unpaired) electrons. The number of likely N-dealkylation sites (tertiary alicyclic amines) is 1. The Kier molecular flexibility index (Phi) is 9.56. The number of aliphatic hydroxyl groups is 1. The Labute approximate surface area is 289 Å². The quantitative estimate of drug-likeness (QED) is 0.194. The van der Waals surface area contributed by atoms with Gasteiger partial charge in [0.2, 0.25) is 14.3 Å². The molecule has 3 aromatic rings. The van der Waals surface area contributed by atoms with Crippen molar-refractivity contribution in [1.82, 2.24) is 4.90 Å². The fraction of sp³-hybridized carbons (Fsp3) is 0.417. The van der Waals surface area contributed by atoms with Crippen LogP contribution in [0.1, 0.15) is 47.7 Å². The van der Waals surface area contributed by atoms with E-state index in [2.05, 4.69) is 21.2 Å². The minimum atomic E-state index is -3.45. The highest BCUT2D eigenvalue weighted by Gasteiger charge is 2.67. The van der Waals surface area contributed by atoms with Crippen LogP contribution in [-0.4, -0.2) is 68.5 Å². The van der Waals surface area contributed by atoms with Crippen LogP contribution in [0.15, 0.2) is 71.2 Å². The monoisotopic (exact) mass is 737 g/mol. The van der Waals surface area contributed by atoms with E-state index in [1.165, 1.54) is 0 Å². The number of nitrogens with one attached hydrogen (secondary N) is 1. The molecule has 3 heterocycles. The summed E-state index contributed by atoms with van der Waals surface area (Å²) in [5.74, 6) is -0.593. The summed E-state index contributed by atoms with van der Waals surface area (Å²) in [5.41, 5.74) is 1.19. The maximum atomic E-state index is 16.2. The summed E-state index contributed by atoms with van der Waals surface area (Å²) in [6.45, 7) is 5.78. The Hall–Kier alpha value is -3.58. The van der Waals surface area contributed by atoms with Gasteiger partial charge in [0.25, 0.3) is 11.8 Å². The van der Waals surface area contributed by atoms with Crippen LogP contribution >= 0.6 is 15.9 Å². The smallest absolute Gasteiger partial charge is 0.264 e. The predicted molar refractivity (Wildman–Crippen MR) is 187 cm³/mol. The zero-order valence-electron chi connectivity index (χ0n) is 27.5. The van der Waals surface area contributed by atoms with Crippen LogP contribution in [0.2, 0.25) is 18.6 Å². The van der Waals surface area contributed by atoms with E-state index in [4.69, 9.17) is 9.47 Å². The molecule has 6 rings (SSSR count). The molecule has 0 saturated carbocycles. The number of amides is 3. The van der Waals surface area contributed by atoms with Gasteiger partial charge in [-0.3, -0.25) is 14.4 Å². The van der Waals surface area contributed by atoms with Crippen LogP contribution in [-0.2, 0) is 26.5 Å². The number of methoxy groups -OCH3 is 1. The number of aliphatic hydroxyl groups excluding tert-OH is 1. The van der Waals surface area contributed by atoms with E-state index < -0.39 is 31.6 Å². The van der Waals surface area contributed by atoms with E-state index in [1.54, 1.807) is 66.4 Å². The summed E-state index contributed by atoms with van der Waals surface area (Å²) in [7, 11) is -1.89. The lowest BCUT2D eigenvalue weighted by Gasteiger charge is -2.31. The lowest BCUT2D eigenvalue weighted by atomic mass is 9.82. The SMILES string of the molecule is COc1ccc(C(=O)Nc2ccc(CN3C(=O)[C@]4(O[C@H](CC(=O)N5CCC[C@H]5CO)[C@@H]([Si](C)(C)F)[C@@H]4C)c4cc(Br)ccc43)cc2)cc1. The predicted octanol–water partition coefficient (Wildman–Crippen LogP) is 6.41. The van der Waals surface area contributed by atoms with Crippen molar-refractivity contribution >= 4 is 53.4 Å². The van der Waals surface area contributed by atoms with Crippen LogP contribution < -0.4 is 15.0 Å². The van der Waals surface area contributed by atoms with E-state index in [-0.39, 0.29) is 43.3 Å². The standard InChI is InChI=1S/C36H41BrFN3O6Si/c1-22-33(48(3,4)38)31(19-32(43)40-17-5-6-27(40)21-42)47-36(22)29-18-25(37)11-16-30(29)41(35(36)45)20-23-7-12-26(13-8-23)39-34(44)24-9-14-28(46-2)15-10-24/h7-16,18,22,27,31,33,42H,5-6,17,19-21H2,1-4H3,(H,39,44)/t22-,27-,31+,33-,36+/m0/s1. The number of hydrogen-bond acceptors (Lipinski definition) is 6. The number of ether oxygens (including phenoxy) is 2. The van der Waals surface area contributed by atoms with Gasteiger partial charge in [0, 0.05) is 39.3 Å². The number of nitrogens with zero attached hydrogens (tertiary/aromatic N) is 2. The lowest BCUT2D eigenvalue weighted by molar-refractivity contribution is -0.150. The molecule has 1 spiro atoms. The van der Waals surface area contributed by atoms with Crippen LogP contribution in [0.3, 0.4) is 0 Å². The molecule has 254 valence electrons. The highest BCUT2D eigenvalue weighted by atomic mass is 79.9. The Morgan fingerprint density at radius 1 is 1.12 bits per heavy atom. The van der Waals surface area contributed by atoms with Gasteiger partial charge in [-0.05, 0) is 86.1 Å². The van der Waals surface area contributed by atoms with E-state index in [9.17, 15) is 19.5 Å². The maximum Gasteiger partial charge on any atom is 0.264 e. The van der Waals surface area contributed by atoms with Gasteiger partial charge in [0.05, 0.1) is 44.5 Å². The van der Waals surface area contributed by atoms with Crippen molar-refractivity contribution in [2.24, 2.45) is 5.92 Å². The molecule has 0 aromatic heterocycles. The van der Waals surface area contributed by atoms with Gasteiger partial charge >= 0.3 is 0 Å². The van der Waals surface area contributed by atoms with Crippen molar-refractivity contribution in [3.8, 4) is 5.75 Å². The first-order valence-electron chi connectivity index (χ1n) is 16.3. The molecule has 2 fully saturated rings. The number of anilines is 2. The molecule has 0 unspecified atom stereocenters. The third-order valence-electron chi connectivity index (χ3n) is 10.1. The molecule has 0 bridgehead atoms. The molecule has 3 aromatic carbocycles. The molecule has 2 saturated heterocycles. The minimum absolute atomic E-state index is 0.0477. The van der Waals surface area contributed by atoms with Gasteiger partial charge in [-0.15, -0.1) is 0 Å². The van der Waals surface area contributed by atoms with E-state index in [0.717, 1.165) is 22.9 Å². The van der Waals surface area contributed by atoms with Gasteiger partial charge < -0.3 is 33.8 Å². The van der Waals surface area contributed by atoms with Crippen LogP contribution in [0.25, 0.3) is 0 Å². The van der Waals surface area contributed by atoms with Crippen molar-refractivity contribution in [2.45, 2.75) is 69.1 Å². The van der Waals surface area contributed by atoms with E-state index >= 15 is 4.11 Å². The van der Waals surface area contributed by atoms with Crippen molar-refractivity contribution < 1.29 is 33.1 Å². The number of rotatable bonds is 9. The van der Waals surface area contributed by atoms with Gasteiger partial charge in [-0.25, -0.2) is 0 Å². The number of fused-ring (bicyclic) bond motifs is 2. The molecule has 12 heteroatoms. The van der Waals surface area contributed by atoms with E-state index in [0.29, 0.717) is 34.8 Å². The second-order valence-electron chi connectivity index (χ2n) is 13.5. The lowest BCUT2D eigenvalue weighted by Crippen LogP contribution is -2.45. The highest BCUT2D eigenvalue weighted by Crippen LogP contribution is 2.60. The average molecular weight is 739 g/mol. The van der Waals surface area contributed by atoms with Crippen molar-refractivity contribution in [1.29, 1.82) is 0 Å². The molecule has 3 amide bonds. The van der Waals surface area contributed by atoms with Gasteiger partial charge in [-0.1, -0.05) is 35.0 Å². The second-order valence-corrected chi connectivity index (χ2v) is 18.2. The molecule has 48 heavy (non-hydrogen) atoms. The normalized spacial score (nSPS) is 25.1. The summed E-state index contributed by atoms with van der Waals surface area (Å²) < 4.78 is 28.9. The second kappa shape index (κ2) is 13.4. The minimum Gasteiger partial charge on any atom is -0.497 e. The van der Waals surface area contributed by atoms with Crippen LogP contribution in [0, 0.1) is 5.92 Å². The first kappa shape index (κ1) is 34.3. The van der Waals surface area contributed by atoms with Crippen LogP contribution in [0.4, 0.5) is 15.5 Å². The zero-order chi connectivity index (χ0) is 34.4. The largest absolute Gasteiger partial charge is 0.497 e. The number of halogens is 2. The fourth-order valence-corrected chi connectivity index (χ4v) is 10.7. The number of hydrogen-bond donors (Lipinski definition) is 2. The van der Waals surface area contributed by atoms with Gasteiger partial charge in [0.1, 0.15) is 5.75 Å². The first-order chi connectivity index (χ1) is 22.9. The molecule has 9 nitrogen and oxygen atoms in total. The Bertz CT molecular complexity index is 1700. The zero-order valence-corrected chi connectivity index (χ0v) is 30.1. The maximum absolute atomic E-state index is 16.2. The summed E-state index contributed by atoms with van der Waals surface area (Å²) in [5, 5.41) is 12.7. The van der Waals surface area contributed by atoms with Gasteiger partial charge in [-0.2, -0.15) is 0 Å². The molecule has 5 atom stereocenters. The molecular formula is C36H41BrFN3O6Si. The third-order valence-corrected chi connectivity index (χ3v) is 13.1. The number of carbonyl (C=O) groups excluding carboxylic acids is 3. The van der Waals surface area contributed by atoms with Crippen molar-refractivity contribution in [2.75, 3.05) is 30.5 Å².